The molecule has 0 bridgehead atoms. The number of carbonyl (C=O) groups is 2. The number of ether oxygens (including phenoxy) is 1. The number of pyridine rings is 2. The van der Waals surface area contributed by atoms with Gasteiger partial charge < -0.3 is 14.5 Å². The molecule has 76 heavy (non-hydrogen) atoms. The second-order valence-electron chi connectivity index (χ2n) is 18.3. The summed E-state index contributed by atoms with van der Waals surface area (Å²) in [5.74, 6) is -3.60. The number of rotatable bonds is 11. The van der Waals surface area contributed by atoms with Gasteiger partial charge in [0.1, 0.15) is 17.3 Å². The SMILES string of the molecule is CN(Cc1ccc(C(F)(F)F)c(F)c1)C1CN(C(=O)c2ccc3cnccc3n2)CC1c1ccc(Cl)c(Cl)c1.COc1ncc(C(=O)N2CC(c3ccc(Cl)c(Cl)c3)C(N(C)Cc3ccc(C(F)(F)F)c(F)c3)C2)cn1. The van der Waals surface area contributed by atoms with E-state index in [0.29, 0.717) is 62.9 Å². The summed E-state index contributed by atoms with van der Waals surface area (Å²) in [5, 5.41) is 2.32. The number of benzene rings is 4. The molecule has 2 saturated heterocycles. The van der Waals surface area contributed by atoms with Crippen LogP contribution in [-0.2, 0) is 25.4 Å². The van der Waals surface area contributed by atoms with Gasteiger partial charge in [0.25, 0.3) is 11.8 Å². The smallest absolute Gasteiger partial charge is 0.419 e. The van der Waals surface area contributed by atoms with E-state index in [9.17, 15) is 44.7 Å². The lowest BCUT2D eigenvalue weighted by molar-refractivity contribution is -0.140. The van der Waals surface area contributed by atoms with E-state index in [1.54, 1.807) is 78.8 Å². The Bertz CT molecular complexity index is 3270. The summed E-state index contributed by atoms with van der Waals surface area (Å²) in [6.45, 7) is 1.63. The van der Waals surface area contributed by atoms with E-state index in [1.165, 1.54) is 31.6 Å². The minimum Gasteiger partial charge on any atom is -0.467 e. The number of carbonyl (C=O) groups excluding carboxylic acids is 2. The highest BCUT2D eigenvalue weighted by molar-refractivity contribution is 6.42. The zero-order chi connectivity index (χ0) is 54.8. The fraction of sp³-hybridized carbons (Fsp3) is 0.283. The molecule has 23 heteroatoms. The summed E-state index contributed by atoms with van der Waals surface area (Å²) in [7, 11) is 4.98. The van der Waals surface area contributed by atoms with Gasteiger partial charge in [0, 0.05) is 93.4 Å². The molecule has 9 rings (SSSR count). The Hall–Kier alpha value is -6.22. The molecule has 7 aromatic rings. The van der Waals surface area contributed by atoms with E-state index in [2.05, 4.69) is 19.9 Å². The predicted molar refractivity (Wildman–Crippen MR) is 272 cm³/mol. The summed E-state index contributed by atoms with van der Waals surface area (Å²) in [6.07, 6.45) is -3.51. The zero-order valence-corrected chi connectivity index (χ0v) is 43.4. The minimum atomic E-state index is -4.77. The lowest BCUT2D eigenvalue weighted by Crippen LogP contribution is -2.38. The molecule has 0 N–H and O–H groups in total. The number of fused-ring (bicyclic) bond motifs is 1. The lowest BCUT2D eigenvalue weighted by atomic mass is 9.93. The first-order valence-corrected chi connectivity index (χ1v) is 24.7. The average Bonchev–Trinajstić information content (AvgIpc) is 4.05. The quantitative estimate of drug-likeness (QED) is 0.117. The van der Waals surface area contributed by atoms with Crippen molar-refractivity contribution in [1.82, 2.24) is 39.5 Å². The molecule has 5 heterocycles. The van der Waals surface area contributed by atoms with Crippen LogP contribution in [0.3, 0.4) is 0 Å². The van der Waals surface area contributed by atoms with E-state index in [-0.39, 0.29) is 66.1 Å². The van der Waals surface area contributed by atoms with Crippen molar-refractivity contribution >= 4 is 69.1 Å². The van der Waals surface area contributed by atoms with Crippen molar-refractivity contribution in [3.63, 3.8) is 0 Å². The van der Waals surface area contributed by atoms with Gasteiger partial charge in [0.05, 0.1) is 49.4 Å². The van der Waals surface area contributed by atoms with E-state index in [0.717, 1.165) is 40.8 Å². The molecular weight excluding hydrogens is 1090 g/mol. The van der Waals surface area contributed by atoms with Gasteiger partial charge in [-0.25, -0.2) is 23.7 Å². The highest BCUT2D eigenvalue weighted by atomic mass is 35.5. The number of likely N-dealkylation sites (tertiary alicyclic amines) is 2. The van der Waals surface area contributed by atoms with Gasteiger partial charge in [-0.3, -0.25) is 24.4 Å². The highest BCUT2D eigenvalue weighted by Crippen LogP contribution is 2.39. The first kappa shape index (κ1) is 56.0. The first-order chi connectivity index (χ1) is 36.0. The number of likely N-dealkylation sites (N-methyl/N-ethyl adjacent to an activating group) is 2. The molecular formula is C53H44Cl4F8N8O3. The van der Waals surface area contributed by atoms with Crippen molar-refractivity contribution in [1.29, 1.82) is 0 Å². The van der Waals surface area contributed by atoms with Crippen LogP contribution in [0.25, 0.3) is 10.9 Å². The van der Waals surface area contributed by atoms with Crippen molar-refractivity contribution < 1.29 is 49.4 Å². The van der Waals surface area contributed by atoms with E-state index >= 15 is 0 Å². The van der Waals surface area contributed by atoms with Crippen molar-refractivity contribution in [2.45, 2.75) is 49.4 Å². The summed E-state index contributed by atoms with van der Waals surface area (Å²) < 4.78 is 111. The molecule has 0 aliphatic carbocycles. The molecule has 0 spiro atoms. The summed E-state index contributed by atoms with van der Waals surface area (Å²) >= 11 is 24.8. The van der Waals surface area contributed by atoms with E-state index in [1.807, 2.05) is 21.9 Å². The standard InChI is InChI=1S/C28H22Cl2F4N4O.C25H22Cl2F4N4O2/c1-37(13-16-2-5-20(23(31)10-16)28(32,33)34)26-15-38(14-19(26)17-3-6-21(29)22(30)11-17)27(39)25-7-4-18-12-35-9-8-24(18)36-25;1-34(11-14-3-5-18(21(28)7-14)25(29,30)31)22-13-35(23(36)16-9-32-24(37-2)33-10-16)12-17(22)15-4-6-19(26)20(27)8-15/h2-12,19,26H,13-15H2,1H3;3-10,17,22H,11-13H2,1-2H3. The molecule has 11 nitrogen and oxygen atoms in total. The Morgan fingerprint density at radius 2 is 1.11 bits per heavy atom. The molecule has 398 valence electrons. The fourth-order valence-corrected chi connectivity index (χ4v) is 10.1. The molecule has 2 aliphatic heterocycles. The van der Waals surface area contributed by atoms with Crippen LogP contribution < -0.4 is 4.74 Å². The molecule has 4 unspecified atom stereocenters. The topological polar surface area (TPSA) is 108 Å². The van der Waals surface area contributed by atoms with Crippen LogP contribution in [-0.4, -0.2) is 111 Å². The maximum Gasteiger partial charge on any atom is 0.419 e. The number of nitrogens with zero attached hydrogens (tertiary/aromatic N) is 8. The third-order valence-electron chi connectivity index (χ3n) is 13.3. The van der Waals surface area contributed by atoms with Crippen LogP contribution in [0.1, 0.15) is 66.1 Å². The Balaban J connectivity index is 0.000000202. The maximum atomic E-state index is 14.2. The Labute approximate surface area is 450 Å². The fourth-order valence-electron chi connectivity index (χ4n) is 9.48. The van der Waals surface area contributed by atoms with Gasteiger partial charge in [0.2, 0.25) is 0 Å². The van der Waals surface area contributed by atoms with Gasteiger partial charge in [-0.1, -0.05) is 70.7 Å². The number of alkyl halides is 6. The zero-order valence-electron chi connectivity index (χ0n) is 40.4. The molecule has 0 radical (unpaired) electrons. The number of aromatic nitrogens is 4. The van der Waals surface area contributed by atoms with Crippen molar-refractivity contribution in [2.24, 2.45) is 0 Å². The van der Waals surface area contributed by atoms with Crippen molar-refractivity contribution in [3.05, 3.63) is 192 Å². The summed E-state index contributed by atoms with van der Waals surface area (Å²) in [5.41, 5.74) is 1.04. The van der Waals surface area contributed by atoms with Crippen LogP contribution in [0.15, 0.2) is 116 Å². The van der Waals surface area contributed by atoms with E-state index < -0.39 is 35.1 Å². The highest BCUT2D eigenvalue weighted by Gasteiger charge is 2.42. The van der Waals surface area contributed by atoms with Gasteiger partial charge in [-0.2, -0.15) is 26.3 Å². The van der Waals surface area contributed by atoms with Crippen molar-refractivity contribution in [3.8, 4) is 6.01 Å². The molecule has 2 aliphatic rings. The number of hydrogen-bond donors (Lipinski definition) is 0. The number of amides is 2. The Morgan fingerprint density at radius 1 is 0.618 bits per heavy atom. The first-order valence-electron chi connectivity index (χ1n) is 23.2. The van der Waals surface area contributed by atoms with Gasteiger partial charge in [0.15, 0.2) is 0 Å². The number of methoxy groups -OCH3 is 1. The molecule has 2 amide bonds. The monoisotopic (exact) mass is 1130 g/mol. The van der Waals surface area contributed by atoms with Crippen LogP contribution in [0, 0.1) is 11.6 Å². The molecule has 0 saturated carbocycles. The van der Waals surface area contributed by atoms with Gasteiger partial charge >= 0.3 is 18.4 Å². The summed E-state index contributed by atoms with van der Waals surface area (Å²) in [6, 6.07) is 21.1. The second kappa shape index (κ2) is 23.2. The van der Waals surface area contributed by atoms with Crippen LogP contribution in [0.4, 0.5) is 35.1 Å². The van der Waals surface area contributed by atoms with Gasteiger partial charge in [-0.05, 0) is 103 Å². The van der Waals surface area contributed by atoms with Crippen LogP contribution in [0.5, 0.6) is 6.01 Å². The predicted octanol–water partition coefficient (Wildman–Crippen LogP) is 12.5. The molecule has 4 aromatic carbocycles. The normalized spacial score (nSPS) is 17.9. The van der Waals surface area contributed by atoms with Gasteiger partial charge in [-0.15, -0.1) is 0 Å². The Morgan fingerprint density at radius 3 is 1.55 bits per heavy atom. The number of hydrogen-bond acceptors (Lipinski definition) is 9. The second-order valence-corrected chi connectivity index (χ2v) is 19.9. The third kappa shape index (κ3) is 12.8. The number of halogens is 12. The minimum absolute atomic E-state index is 0.132. The molecule has 4 atom stereocenters. The maximum absolute atomic E-state index is 14.2. The summed E-state index contributed by atoms with van der Waals surface area (Å²) in [4.78, 5) is 50.4. The molecule has 2 fully saturated rings. The lowest BCUT2D eigenvalue weighted by Gasteiger charge is -2.29. The third-order valence-corrected chi connectivity index (χ3v) is 14.8. The van der Waals surface area contributed by atoms with Crippen LogP contribution >= 0.6 is 46.4 Å². The molecule has 3 aromatic heterocycles. The average molecular weight is 1130 g/mol. The largest absolute Gasteiger partial charge is 0.467 e. The van der Waals surface area contributed by atoms with E-state index in [4.69, 9.17) is 51.1 Å². The van der Waals surface area contributed by atoms with Crippen LogP contribution in [0.2, 0.25) is 20.1 Å². The van der Waals surface area contributed by atoms with Crippen molar-refractivity contribution in [2.75, 3.05) is 47.4 Å². The Kier molecular flexibility index (Phi) is 17.1.